The second kappa shape index (κ2) is 6.37. The van der Waals surface area contributed by atoms with Crippen molar-refractivity contribution < 1.29 is 14.7 Å². The Bertz CT molecular complexity index is 536. The molecular weight excluding hydrogens is 254 g/mol. The predicted molar refractivity (Wildman–Crippen MR) is 77.4 cm³/mol. The number of hydrogen-bond donors (Lipinski definition) is 2. The fourth-order valence-corrected chi connectivity index (χ4v) is 2.48. The molecule has 2 N–H and O–H groups in total. The number of allylic oxidation sites excluding steroid dienone is 2. The number of amides is 1. The maximum absolute atomic E-state index is 12.3. The summed E-state index contributed by atoms with van der Waals surface area (Å²) in [7, 11) is 0. The van der Waals surface area contributed by atoms with Crippen LogP contribution in [-0.2, 0) is 16.0 Å². The zero-order valence-electron chi connectivity index (χ0n) is 11.5. The van der Waals surface area contributed by atoms with Crippen LogP contribution in [0.5, 0.6) is 0 Å². The Labute approximate surface area is 118 Å². The summed E-state index contributed by atoms with van der Waals surface area (Å²) >= 11 is 0. The molecule has 4 heteroatoms. The lowest BCUT2D eigenvalue weighted by atomic mass is 9.82. The van der Waals surface area contributed by atoms with Gasteiger partial charge in [0.2, 0.25) is 5.91 Å². The normalized spacial score (nSPS) is 21.4. The molecule has 0 heterocycles. The Hall–Kier alpha value is -2.10. The number of carbonyl (C=O) groups excluding carboxylic acids is 1. The van der Waals surface area contributed by atoms with Crippen molar-refractivity contribution >= 4 is 17.6 Å². The molecule has 20 heavy (non-hydrogen) atoms. The van der Waals surface area contributed by atoms with E-state index < -0.39 is 17.8 Å². The van der Waals surface area contributed by atoms with Crippen LogP contribution in [0.3, 0.4) is 0 Å². The Morgan fingerprint density at radius 3 is 2.60 bits per heavy atom. The summed E-state index contributed by atoms with van der Waals surface area (Å²) in [5.74, 6) is -2.25. The third-order valence-corrected chi connectivity index (χ3v) is 3.69. The second-order valence-corrected chi connectivity index (χ2v) is 5.04. The lowest BCUT2D eigenvalue weighted by molar-refractivity contribution is -0.146. The molecule has 1 amide bonds. The molecule has 0 radical (unpaired) electrons. The SMILES string of the molecule is CCc1cccc(NC(=O)[C@H]2CC=CC[C@H]2C(=O)O)c1. The topological polar surface area (TPSA) is 66.4 Å². The number of carbonyl (C=O) groups is 2. The van der Waals surface area contributed by atoms with Crippen LogP contribution in [0, 0.1) is 11.8 Å². The van der Waals surface area contributed by atoms with Gasteiger partial charge in [-0.05, 0) is 37.0 Å². The number of nitrogens with one attached hydrogen (secondary N) is 1. The monoisotopic (exact) mass is 273 g/mol. The maximum atomic E-state index is 12.3. The quantitative estimate of drug-likeness (QED) is 0.829. The summed E-state index contributed by atoms with van der Waals surface area (Å²) in [6.45, 7) is 2.05. The van der Waals surface area contributed by atoms with Gasteiger partial charge in [0, 0.05) is 5.69 Å². The number of anilines is 1. The van der Waals surface area contributed by atoms with Gasteiger partial charge in [-0.3, -0.25) is 9.59 Å². The Kier molecular flexibility index (Phi) is 4.56. The van der Waals surface area contributed by atoms with Gasteiger partial charge in [0.25, 0.3) is 0 Å². The van der Waals surface area contributed by atoms with Gasteiger partial charge in [-0.1, -0.05) is 31.2 Å². The van der Waals surface area contributed by atoms with Crippen molar-refractivity contribution in [3.63, 3.8) is 0 Å². The third kappa shape index (κ3) is 3.26. The van der Waals surface area contributed by atoms with Crippen LogP contribution < -0.4 is 5.32 Å². The number of hydrogen-bond acceptors (Lipinski definition) is 2. The summed E-state index contributed by atoms with van der Waals surface area (Å²) in [5.41, 5.74) is 1.87. The van der Waals surface area contributed by atoms with Crippen molar-refractivity contribution in [2.45, 2.75) is 26.2 Å². The van der Waals surface area contributed by atoms with Crippen LogP contribution in [0.2, 0.25) is 0 Å². The molecule has 2 rings (SSSR count). The lowest BCUT2D eigenvalue weighted by Crippen LogP contribution is -2.34. The van der Waals surface area contributed by atoms with E-state index in [1.54, 1.807) is 0 Å². The van der Waals surface area contributed by atoms with Gasteiger partial charge in [0.15, 0.2) is 0 Å². The van der Waals surface area contributed by atoms with Crippen molar-refractivity contribution in [2.75, 3.05) is 5.32 Å². The summed E-state index contributed by atoms with van der Waals surface area (Å²) in [5, 5.41) is 12.0. The van der Waals surface area contributed by atoms with Gasteiger partial charge in [-0.2, -0.15) is 0 Å². The van der Waals surface area contributed by atoms with E-state index >= 15 is 0 Å². The van der Waals surface area contributed by atoms with Gasteiger partial charge < -0.3 is 10.4 Å². The van der Waals surface area contributed by atoms with Crippen molar-refractivity contribution in [1.29, 1.82) is 0 Å². The first kappa shape index (κ1) is 14.3. The summed E-state index contributed by atoms with van der Waals surface area (Å²) in [4.78, 5) is 23.5. The van der Waals surface area contributed by atoms with E-state index in [0.29, 0.717) is 12.8 Å². The fourth-order valence-electron chi connectivity index (χ4n) is 2.48. The molecule has 0 unspecified atom stereocenters. The minimum absolute atomic E-state index is 0.213. The standard InChI is InChI=1S/C16H19NO3/c1-2-11-6-5-7-12(10-11)17-15(18)13-8-3-4-9-14(13)16(19)20/h3-7,10,13-14H,2,8-9H2,1H3,(H,17,18)(H,19,20)/t13-,14+/m0/s1. The van der Waals surface area contributed by atoms with Crippen LogP contribution in [0.4, 0.5) is 5.69 Å². The minimum atomic E-state index is -0.906. The molecule has 0 fully saturated rings. The van der Waals surface area contributed by atoms with Gasteiger partial charge >= 0.3 is 5.97 Å². The molecule has 2 atom stereocenters. The Balaban J connectivity index is 2.10. The Morgan fingerprint density at radius 1 is 1.25 bits per heavy atom. The number of aliphatic carboxylic acids is 1. The summed E-state index contributed by atoms with van der Waals surface area (Å²) in [6.07, 6.45) is 5.51. The van der Waals surface area contributed by atoms with Crippen LogP contribution in [0.25, 0.3) is 0 Å². The molecular formula is C16H19NO3. The van der Waals surface area contributed by atoms with Gasteiger partial charge in [0.05, 0.1) is 11.8 Å². The third-order valence-electron chi connectivity index (χ3n) is 3.69. The average Bonchev–Trinajstić information content (AvgIpc) is 2.47. The molecule has 106 valence electrons. The zero-order valence-corrected chi connectivity index (χ0v) is 11.5. The summed E-state index contributed by atoms with van der Waals surface area (Å²) < 4.78 is 0. The molecule has 1 aromatic rings. The van der Waals surface area contributed by atoms with Crippen molar-refractivity contribution in [3.8, 4) is 0 Å². The predicted octanol–water partition coefficient (Wildman–Crippen LogP) is 2.85. The van der Waals surface area contributed by atoms with Gasteiger partial charge in [0.1, 0.15) is 0 Å². The molecule has 0 bridgehead atoms. The number of aryl methyl sites for hydroxylation is 1. The molecule has 4 nitrogen and oxygen atoms in total. The van der Waals surface area contributed by atoms with E-state index in [2.05, 4.69) is 5.32 Å². The number of benzene rings is 1. The molecule has 0 spiro atoms. The molecule has 1 aromatic carbocycles. The maximum Gasteiger partial charge on any atom is 0.307 e. The number of carboxylic acid groups (broad SMARTS) is 1. The highest BCUT2D eigenvalue weighted by Crippen LogP contribution is 2.27. The highest BCUT2D eigenvalue weighted by molar-refractivity contribution is 5.95. The lowest BCUT2D eigenvalue weighted by Gasteiger charge is -2.24. The molecule has 1 aliphatic carbocycles. The summed E-state index contributed by atoms with van der Waals surface area (Å²) in [6, 6.07) is 7.64. The zero-order chi connectivity index (χ0) is 14.5. The van der Waals surface area contributed by atoms with E-state index in [0.717, 1.165) is 17.7 Å². The molecule has 0 saturated carbocycles. The largest absolute Gasteiger partial charge is 0.481 e. The first-order valence-corrected chi connectivity index (χ1v) is 6.89. The fraction of sp³-hybridized carbons (Fsp3) is 0.375. The van der Waals surface area contributed by atoms with E-state index in [9.17, 15) is 14.7 Å². The van der Waals surface area contributed by atoms with Gasteiger partial charge in [-0.15, -0.1) is 0 Å². The smallest absolute Gasteiger partial charge is 0.307 e. The van der Waals surface area contributed by atoms with Crippen LogP contribution in [0.15, 0.2) is 36.4 Å². The van der Waals surface area contributed by atoms with Crippen molar-refractivity contribution in [3.05, 3.63) is 42.0 Å². The van der Waals surface area contributed by atoms with E-state index in [-0.39, 0.29) is 5.91 Å². The van der Waals surface area contributed by atoms with Crippen LogP contribution in [-0.4, -0.2) is 17.0 Å². The molecule has 1 aliphatic rings. The van der Waals surface area contributed by atoms with Crippen LogP contribution >= 0.6 is 0 Å². The Morgan fingerprint density at radius 2 is 1.95 bits per heavy atom. The molecule has 0 aliphatic heterocycles. The number of carboxylic acids is 1. The highest BCUT2D eigenvalue weighted by Gasteiger charge is 2.33. The van der Waals surface area contributed by atoms with E-state index in [4.69, 9.17) is 0 Å². The average molecular weight is 273 g/mol. The highest BCUT2D eigenvalue weighted by atomic mass is 16.4. The number of rotatable bonds is 4. The first-order chi connectivity index (χ1) is 9.61. The minimum Gasteiger partial charge on any atom is -0.481 e. The molecule has 0 saturated heterocycles. The van der Waals surface area contributed by atoms with Crippen molar-refractivity contribution in [2.24, 2.45) is 11.8 Å². The second-order valence-electron chi connectivity index (χ2n) is 5.04. The van der Waals surface area contributed by atoms with Crippen molar-refractivity contribution in [1.82, 2.24) is 0 Å². The van der Waals surface area contributed by atoms with E-state index in [1.165, 1.54) is 0 Å². The first-order valence-electron chi connectivity index (χ1n) is 6.89. The molecule has 0 aromatic heterocycles. The van der Waals surface area contributed by atoms with E-state index in [1.807, 2.05) is 43.3 Å². The van der Waals surface area contributed by atoms with Gasteiger partial charge in [-0.25, -0.2) is 0 Å². The van der Waals surface area contributed by atoms with Crippen LogP contribution in [0.1, 0.15) is 25.3 Å².